The van der Waals surface area contributed by atoms with Gasteiger partial charge in [0.05, 0.1) is 12.8 Å². The summed E-state index contributed by atoms with van der Waals surface area (Å²) in [5, 5.41) is 2.41. The molecule has 0 atom stereocenters. The number of carbonyl (C=O) groups excluding carboxylic acids is 1. The summed E-state index contributed by atoms with van der Waals surface area (Å²) >= 11 is 0. The lowest BCUT2D eigenvalue weighted by Crippen LogP contribution is -2.28. The lowest BCUT2D eigenvalue weighted by molar-refractivity contribution is 0.114. The van der Waals surface area contributed by atoms with Crippen molar-refractivity contribution < 1.29 is 14.0 Å². The van der Waals surface area contributed by atoms with Crippen LogP contribution in [0.5, 0.6) is 0 Å². The maximum absolute atomic E-state index is 13.5. The van der Waals surface area contributed by atoms with Gasteiger partial charge in [-0.25, -0.2) is 14.7 Å². The molecule has 0 aliphatic rings. The van der Waals surface area contributed by atoms with Crippen LogP contribution in [0.1, 0.15) is 25.3 Å². The molecule has 1 aromatic rings. The summed E-state index contributed by atoms with van der Waals surface area (Å²) in [6.07, 6.45) is 0. The monoisotopic (exact) mass is 226 g/mol. The molecule has 16 heavy (non-hydrogen) atoms. The normalized spacial score (nSPS) is 10.3. The number of urea groups is 1. The Balaban J connectivity index is 2.97. The maximum atomic E-state index is 13.5. The predicted octanol–water partition coefficient (Wildman–Crippen LogP) is 2.63. The molecule has 0 aliphatic heterocycles. The smallest absolute Gasteiger partial charge is 0.303 e. The summed E-state index contributed by atoms with van der Waals surface area (Å²) in [5.74, 6) is -0.342. The number of carbonyl (C=O) groups is 1. The quantitative estimate of drug-likeness (QED) is 0.778. The molecule has 0 bridgehead atoms. The van der Waals surface area contributed by atoms with Crippen LogP contribution in [-0.4, -0.2) is 13.1 Å². The maximum Gasteiger partial charge on any atom is 0.343 e. The second-order valence-electron chi connectivity index (χ2n) is 3.62. The van der Waals surface area contributed by atoms with Gasteiger partial charge in [-0.15, -0.1) is 0 Å². The Hall–Kier alpha value is -1.62. The van der Waals surface area contributed by atoms with Crippen molar-refractivity contribution in [2.75, 3.05) is 12.4 Å². The van der Waals surface area contributed by atoms with Crippen LogP contribution < -0.4 is 10.8 Å². The fourth-order valence-electron chi connectivity index (χ4n) is 1.39. The predicted molar refractivity (Wildman–Crippen MR) is 59.7 cm³/mol. The number of benzene rings is 1. The van der Waals surface area contributed by atoms with Gasteiger partial charge in [0.25, 0.3) is 0 Å². The summed E-state index contributed by atoms with van der Waals surface area (Å²) in [7, 11) is 1.31. The van der Waals surface area contributed by atoms with E-state index in [2.05, 4.69) is 15.6 Å². The van der Waals surface area contributed by atoms with Gasteiger partial charge in [-0.3, -0.25) is 4.84 Å². The van der Waals surface area contributed by atoms with Gasteiger partial charge in [0.1, 0.15) is 5.82 Å². The van der Waals surface area contributed by atoms with Crippen LogP contribution in [0.15, 0.2) is 18.2 Å². The molecule has 0 radical (unpaired) electrons. The molecule has 0 saturated carbocycles. The van der Waals surface area contributed by atoms with Crippen LogP contribution in [0.4, 0.5) is 14.9 Å². The molecule has 1 aromatic carbocycles. The van der Waals surface area contributed by atoms with Gasteiger partial charge < -0.3 is 5.32 Å². The van der Waals surface area contributed by atoms with Crippen LogP contribution in [0.2, 0.25) is 0 Å². The van der Waals surface area contributed by atoms with Crippen molar-refractivity contribution in [1.82, 2.24) is 5.48 Å². The molecule has 2 N–H and O–H groups in total. The van der Waals surface area contributed by atoms with Crippen LogP contribution >= 0.6 is 0 Å². The van der Waals surface area contributed by atoms with Gasteiger partial charge in [0, 0.05) is 0 Å². The summed E-state index contributed by atoms with van der Waals surface area (Å²) in [6, 6.07) is 4.09. The van der Waals surface area contributed by atoms with Gasteiger partial charge in [-0.05, 0) is 17.5 Å². The molecular formula is C11H15FN2O2. The number of hydroxylamine groups is 1. The molecule has 0 unspecified atom stereocenters. The topological polar surface area (TPSA) is 50.4 Å². The highest BCUT2D eigenvalue weighted by atomic mass is 19.1. The van der Waals surface area contributed by atoms with Gasteiger partial charge in [0.2, 0.25) is 0 Å². The number of amides is 2. The number of hydrogen-bond donors (Lipinski definition) is 2. The molecule has 5 heteroatoms. The average Bonchev–Trinajstić information content (AvgIpc) is 2.21. The van der Waals surface area contributed by atoms with E-state index >= 15 is 0 Å². The van der Waals surface area contributed by atoms with Crippen LogP contribution in [0, 0.1) is 5.82 Å². The van der Waals surface area contributed by atoms with Crippen molar-refractivity contribution in [2.24, 2.45) is 0 Å². The molecule has 0 spiro atoms. The van der Waals surface area contributed by atoms with Gasteiger partial charge in [-0.1, -0.05) is 26.0 Å². The molecule has 0 aliphatic carbocycles. The van der Waals surface area contributed by atoms with Crippen molar-refractivity contribution >= 4 is 11.7 Å². The van der Waals surface area contributed by atoms with E-state index in [1.54, 1.807) is 12.1 Å². The number of para-hydroxylation sites is 1. The highest BCUT2D eigenvalue weighted by molar-refractivity contribution is 5.89. The number of nitrogens with one attached hydrogen (secondary N) is 2. The molecule has 0 aromatic heterocycles. The Kier molecular flexibility index (Phi) is 4.25. The van der Waals surface area contributed by atoms with Crippen LogP contribution in [0.3, 0.4) is 0 Å². The Morgan fingerprint density at radius 3 is 2.69 bits per heavy atom. The Labute approximate surface area is 93.8 Å². The third-order valence-electron chi connectivity index (χ3n) is 2.10. The van der Waals surface area contributed by atoms with Gasteiger partial charge in [-0.2, -0.15) is 0 Å². The second kappa shape index (κ2) is 5.46. The van der Waals surface area contributed by atoms with E-state index in [1.807, 2.05) is 13.8 Å². The fourth-order valence-corrected chi connectivity index (χ4v) is 1.39. The number of anilines is 1. The molecule has 1 rings (SSSR count). The standard InChI is InChI=1S/C11H15FN2O2/c1-7(2)8-5-4-6-9(12)10(8)13-11(15)14-16-3/h4-7H,1-3H3,(H2,13,14,15). The van der Waals surface area contributed by atoms with Crippen LogP contribution in [-0.2, 0) is 4.84 Å². The first-order chi connectivity index (χ1) is 7.56. The highest BCUT2D eigenvalue weighted by Crippen LogP contribution is 2.26. The zero-order valence-electron chi connectivity index (χ0n) is 9.50. The van der Waals surface area contributed by atoms with E-state index < -0.39 is 11.8 Å². The zero-order valence-corrected chi connectivity index (χ0v) is 9.50. The molecule has 0 fully saturated rings. The third kappa shape index (κ3) is 2.93. The summed E-state index contributed by atoms with van der Waals surface area (Å²) < 4.78 is 13.5. The summed E-state index contributed by atoms with van der Waals surface area (Å²) in [5.41, 5.74) is 3.00. The molecule has 4 nitrogen and oxygen atoms in total. The summed E-state index contributed by atoms with van der Waals surface area (Å²) in [6.45, 7) is 3.85. The lowest BCUT2D eigenvalue weighted by atomic mass is 10.0. The zero-order chi connectivity index (χ0) is 12.1. The molecule has 0 heterocycles. The van der Waals surface area contributed by atoms with Gasteiger partial charge in [0.15, 0.2) is 0 Å². The first-order valence-corrected chi connectivity index (χ1v) is 4.94. The van der Waals surface area contributed by atoms with Crippen LogP contribution in [0.25, 0.3) is 0 Å². The molecule has 88 valence electrons. The van der Waals surface area contributed by atoms with E-state index in [9.17, 15) is 9.18 Å². The number of rotatable bonds is 3. The highest BCUT2D eigenvalue weighted by Gasteiger charge is 2.13. The minimum atomic E-state index is -0.602. The Bertz CT molecular complexity index is 380. The first-order valence-electron chi connectivity index (χ1n) is 4.94. The van der Waals surface area contributed by atoms with Crippen molar-refractivity contribution in [3.05, 3.63) is 29.6 Å². The number of halogens is 1. The van der Waals surface area contributed by atoms with E-state index in [4.69, 9.17) is 0 Å². The van der Waals surface area contributed by atoms with Crippen molar-refractivity contribution in [3.63, 3.8) is 0 Å². The van der Waals surface area contributed by atoms with Gasteiger partial charge >= 0.3 is 6.03 Å². The van der Waals surface area contributed by atoms with Crippen molar-refractivity contribution in [3.8, 4) is 0 Å². The molecular weight excluding hydrogens is 211 g/mol. The SMILES string of the molecule is CONC(=O)Nc1c(F)cccc1C(C)C. The van der Waals surface area contributed by atoms with E-state index in [-0.39, 0.29) is 11.6 Å². The molecule has 0 saturated heterocycles. The van der Waals surface area contributed by atoms with E-state index in [1.165, 1.54) is 13.2 Å². The second-order valence-corrected chi connectivity index (χ2v) is 3.62. The molecule has 2 amide bonds. The third-order valence-corrected chi connectivity index (χ3v) is 2.10. The van der Waals surface area contributed by atoms with Crippen molar-refractivity contribution in [1.29, 1.82) is 0 Å². The minimum Gasteiger partial charge on any atom is -0.303 e. The Morgan fingerprint density at radius 1 is 1.44 bits per heavy atom. The van der Waals surface area contributed by atoms with Crippen molar-refractivity contribution in [2.45, 2.75) is 19.8 Å². The largest absolute Gasteiger partial charge is 0.343 e. The summed E-state index contributed by atoms with van der Waals surface area (Å²) in [4.78, 5) is 15.7. The van der Waals surface area contributed by atoms with E-state index in [0.29, 0.717) is 0 Å². The first kappa shape index (κ1) is 12.4. The number of hydrogen-bond acceptors (Lipinski definition) is 2. The average molecular weight is 226 g/mol. The lowest BCUT2D eigenvalue weighted by Gasteiger charge is -2.14. The van der Waals surface area contributed by atoms with E-state index in [0.717, 1.165) is 5.56 Å². The fraction of sp³-hybridized carbons (Fsp3) is 0.364. The minimum absolute atomic E-state index is 0.119. The Morgan fingerprint density at radius 2 is 2.12 bits per heavy atom.